The van der Waals surface area contributed by atoms with Crippen LogP contribution in [0, 0.1) is 0 Å². The zero-order valence-electron chi connectivity index (χ0n) is 12.9. The van der Waals surface area contributed by atoms with Gasteiger partial charge in [-0.1, -0.05) is 6.92 Å². The van der Waals surface area contributed by atoms with Gasteiger partial charge in [0, 0.05) is 32.2 Å². The molecular formula is C14H30Cl3N3O. The van der Waals surface area contributed by atoms with E-state index in [2.05, 4.69) is 22.0 Å². The van der Waals surface area contributed by atoms with Gasteiger partial charge < -0.3 is 15.0 Å². The summed E-state index contributed by atoms with van der Waals surface area (Å²) in [5.74, 6) is 0. The lowest BCUT2D eigenvalue weighted by atomic mass is 9.88. The second-order valence-electron chi connectivity index (χ2n) is 6.07. The molecule has 3 fully saturated rings. The number of nitrogens with one attached hydrogen (secondary N) is 1. The van der Waals surface area contributed by atoms with Crippen molar-refractivity contribution >= 4 is 37.2 Å². The SMILES string of the molecule is CCN1CCN(C2COC3(CCNCC3)C2)CC1.Cl.Cl.Cl. The van der Waals surface area contributed by atoms with Gasteiger partial charge >= 0.3 is 0 Å². The van der Waals surface area contributed by atoms with Crippen LogP contribution in [-0.2, 0) is 4.74 Å². The highest BCUT2D eigenvalue weighted by Crippen LogP contribution is 2.36. The lowest BCUT2D eigenvalue weighted by molar-refractivity contribution is -0.0206. The van der Waals surface area contributed by atoms with Gasteiger partial charge in [0.1, 0.15) is 0 Å². The molecule has 1 atom stereocenters. The number of ether oxygens (including phenoxy) is 1. The molecule has 3 saturated heterocycles. The summed E-state index contributed by atoms with van der Waals surface area (Å²) in [5, 5.41) is 3.44. The van der Waals surface area contributed by atoms with Crippen LogP contribution in [0.4, 0.5) is 0 Å². The number of likely N-dealkylation sites (N-methyl/N-ethyl adjacent to an activating group) is 1. The molecule has 0 bridgehead atoms. The average molecular weight is 363 g/mol. The Morgan fingerprint density at radius 3 is 2.24 bits per heavy atom. The van der Waals surface area contributed by atoms with Gasteiger partial charge in [0.2, 0.25) is 0 Å². The van der Waals surface area contributed by atoms with Crippen molar-refractivity contribution in [1.29, 1.82) is 0 Å². The Hall–Kier alpha value is 0.710. The molecular weight excluding hydrogens is 333 g/mol. The Balaban J connectivity index is 0.00000133. The van der Waals surface area contributed by atoms with E-state index in [0.717, 1.165) is 19.7 Å². The largest absolute Gasteiger partial charge is 0.373 e. The lowest BCUT2D eigenvalue weighted by Crippen LogP contribution is -2.51. The molecule has 0 aromatic rings. The molecule has 7 heteroatoms. The fourth-order valence-electron chi connectivity index (χ4n) is 3.73. The molecule has 21 heavy (non-hydrogen) atoms. The minimum atomic E-state index is 0. The van der Waals surface area contributed by atoms with E-state index in [4.69, 9.17) is 4.74 Å². The molecule has 128 valence electrons. The molecule has 3 rings (SSSR count). The van der Waals surface area contributed by atoms with Gasteiger partial charge in [0.25, 0.3) is 0 Å². The molecule has 0 aliphatic carbocycles. The standard InChI is InChI=1S/C14H27N3O.3ClH/c1-2-16-7-9-17(10-8-16)13-11-14(18-12-13)3-5-15-6-4-14;;;/h13,15H,2-12H2,1H3;3*1H. The van der Waals surface area contributed by atoms with E-state index in [-0.39, 0.29) is 42.8 Å². The zero-order chi connectivity index (χ0) is 12.4. The van der Waals surface area contributed by atoms with Gasteiger partial charge in [0.15, 0.2) is 0 Å². The topological polar surface area (TPSA) is 27.7 Å². The summed E-state index contributed by atoms with van der Waals surface area (Å²) in [6.07, 6.45) is 3.68. The number of nitrogens with zero attached hydrogens (tertiary/aromatic N) is 2. The van der Waals surface area contributed by atoms with E-state index in [1.165, 1.54) is 52.0 Å². The highest BCUT2D eigenvalue weighted by Gasteiger charge is 2.43. The second kappa shape index (κ2) is 9.76. The van der Waals surface area contributed by atoms with Crippen LogP contribution in [0.5, 0.6) is 0 Å². The van der Waals surface area contributed by atoms with E-state index in [1.54, 1.807) is 0 Å². The first-order chi connectivity index (χ1) is 8.81. The van der Waals surface area contributed by atoms with Crippen LogP contribution in [-0.4, -0.2) is 73.9 Å². The molecule has 3 aliphatic rings. The Morgan fingerprint density at radius 2 is 1.67 bits per heavy atom. The van der Waals surface area contributed by atoms with Gasteiger partial charge in [0.05, 0.1) is 12.2 Å². The summed E-state index contributed by atoms with van der Waals surface area (Å²) in [4.78, 5) is 5.22. The number of halogens is 3. The van der Waals surface area contributed by atoms with Crippen LogP contribution in [0.15, 0.2) is 0 Å². The summed E-state index contributed by atoms with van der Waals surface area (Å²) in [6.45, 7) is 11.6. The van der Waals surface area contributed by atoms with Crippen molar-refractivity contribution in [2.75, 3.05) is 52.4 Å². The minimum Gasteiger partial charge on any atom is -0.373 e. The molecule has 3 heterocycles. The van der Waals surface area contributed by atoms with E-state index in [1.807, 2.05) is 0 Å². The molecule has 3 aliphatic heterocycles. The maximum Gasteiger partial charge on any atom is 0.0723 e. The normalized spacial score (nSPS) is 29.3. The lowest BCUT2D eigenvalue weighted by Gasteiger charge is -2.38. The Labute approximate surface area is 147 Å². The summed E-state index contributed by atoms with van der Waals surface area (Å²) < 4.78 is 6.21. The predicted molar refractivity (Wildman–Crippen MR) is 94.6 cm³/mol. The fraction of sp³-hybridized carbons (Fsp3) is 1.00. The van der Waals surface area contributed by atoms with Crippen LogP contribution in [0.2, 0.25) is 0 Å². The Bertz CT molecular complexity index is 283. The minimum absolute atomic E-state index is 0. The van der Waals surface area contributed by atoms with Gasteiger partial charge in [-0.25, -0.2) is 0 Å². The third kappa shape index (κ3) is 5.10. The fourth-order valence-corrected chi connectivity index (χ4v) is 3.73. The molecule has 0 aromatic heterocycles. The number of piperidine rings is 1. The van der Waals surface area contributed by atoms with Crippen molar-refractivity contribution in [1.82, 2.24) is 15.1 Å². The van der Waals surface area contributed by atoms with Gasteiger partial charge in [-0.15, -0.1) is 37.2 Å². The van der Waals surface area contributed by atoms with Crippen LogP contribution in [0.1, 0.15) is 26.2 Å². The maximum atomic E-state index is 6.21. The summed E-state index contributed by atoms with van der Waals surface area (Å²) in [7, 11) is 0. The van der Waals surface area contributed by atoms with E-state index < -0.39 is 0 Å². The number of rotatable bonds is 2. The van der Waals surface area contributed by atoms with Crippen molar-refractivity contribution in [3.05, 3.63) is 0 Å². The van der Waals surface area contributed by atoms with Crippen LogP contribution < -0.4 is 5.32 Å². The first-order valence-corrected chi connectivity index (χ1v) is 7.62. The number of piperazine rings is 1. The Morgan fingerprint density at radius 1 is 1.05 bits per heavy atom. The van der Waals surface area contributed by atoms with Crippen LogP contribution in [0.25, 0.3) is 0 Å². The van der Waals surface area contributed by atoms with E-state index in [9.17, 15) is 0 Å². The average Bonchev–Trinajstić information content (AvgIpc) is 2.83. The highest BCUT2D eigenvalue weighted by atomic mass is 35.5. The maximum absolute atomic E-state index is 6.21. The smallest absolute Gasteiger partial charge is 0.0723 e. The summed E-state index contributed by atoms with van der Waals surface area (Å²) in [6, 6.07) is 0.683. The van der Waals surface area contributed by atoms with Crippen molar-refractivity contribution in [3.8, 4) is 0 Å². The van der Waals surface area contributed by atoms with Crippen molar-refractivity contribution in [3.63, 3.8) is 0 Å². The third-order valence-corrected chi connectivity index (χ3v) is 5.07. The zero-order valence-corrected chi connectivity index (χ0v) is 15.3. The number of hydrogen-bond donors (Lipinski definition) is 1. The summed E-state index contributed by atoms with van der Waals surface area (Å²) in [5.41, 5.74) is 0.220. The molecule has 0 aromatic carbocycles. The van der Waals surface area contributed by atoms with Crippen LogP contribution in [0.3, 0.4) is 0 Å². The molecule has 1 unspecified atom stereocenters. The van der Waals surface area contributed by atoms with Crippen molar-refractivity contribution in [2.45, 2.75) is 37.8 Å². The van der Waals surface area contributed by atoms with Crippen molar-refractivity contribution in [2.24, 2.45) is 0 Å². The molecule has 1 N–H and O–H groups in total. The predicted octanol–water partition coefficient (Wildman–Crippen LogP) is 1.80. The molecule has 4 nitrogen and oxygen atoms in total. The monoisotopic (exact) mass is 361 g/mol. The molecule has 0 saturated carbocycles. The second-order valence-corrected chi connectivity index (χ2v) is 6.07. The van der Waals surface area contributed by atoms with Gasteiger partial charge in [-0.2, -0.15) is 0 Å². The van der Waals surface area contributed by atoms with Crippen molar-refractivity contribution < 1.29 is 4.74 Å². The Kier molecular flexibility index (Phi) is 10.1. The summed E-state index contributed by atoms with van der Waals surface area (Å²) >= 11 is 0. The van der Waals surface area contributed by atoms with Gasteiger partial charge in [-0.3, -0.25) is 4.90 Å². The van der Waals surface area contributed by atoms with Crippen LogP contribution >= 0.6 is 37.2 Å². The van der Waals surface area contributed by atoms with E-state index in [0.29, 0.717) is 6.04 Å². The molecule has 1 spiro atoms. The third-order valence-electron chi connectivity index (χ3n) is 5.07. The highest BCUT2D eigenvalue weighted by molar-refractivity contribution is 5.86. The quantitative estimate of drug-likeness (QED) is 0.811. The first kappa shape index (κ1) is 21.7. The molecule has 0 radical (unpaired) electrons. The number of hydrogen-bond acceptors (Lipinski definition) is 4. The molecule has 0 amide bonds. The van der Waals surface area contributed by atoms with Gasteiger partial charge in [-0.05, 0) is 38.9 Å². The first-order valence-electron chi connectivity index (χ1n) is 7.62. The van der Waals surface area contributed by atoms with E-state index >= 15 is 0 Å².